The fourth-order valence-corrected chi connectivity index (χ4v) is 1.86. The summed E-state index contributed by atoms with van der Waals surface area (Å²) in [4.78, 5) is 3.21. The summed E-state index contributed by atoms with van der Waals surface area (Å²) in [5.41, 5.74) is 3.17. The van der Waals surface area contributed by atoms with E-state index < -0.39 is 0 Å². The lowest BCUT2D eigenvalue weighted by Gasteiger charge is -1.97. The summed E-state index contributed by atoms with van der Waals surface area (Å²) >= 11 is 0. The molecule has 2 aromatic carbocycles. The maximum Gasteiger partial charge on any atom is 0.209 e. The molecule has 1 aliphatic heterocycles. The molecule has 0 fully saturated rings. The van der Waals surface area contributed by atoms with Crippen LogP contribution in [0.15, 0.2) is 64.8 Å². The average molecular weight is 222 g/mol. The molecule has 1 atom stereocenters. The quantitative estimate of drug-likeness (QED) is 0.757. The zero-order valence-electron chi connectivity index (χ0n) is 9.25. The number of rotatable bonds is 2. The topological polar surface area (TPSA) is 38.7 Å². The highest BCUT2D eigenvalue weighted by Crippen LogP contribution is 2.24. The van der Waals surface area contributed by atoms with Gasteiger partial charge in [0.1, 0.15) is 0 Å². The summed E-state index contributed by atoms with van der Waals surface area (Å²) in [5, 5.41) is 8.58. The summed E-state index contributed by atoms with van der Waals surface area (Å²) in [6, 6.07) is 17.9. The maximum absolute atomic E-state index is 4.34. The van der Waals surface area contributed by atoms with Crippen LogP contribution in [0.2, 0.25) is 0 Å². The van der Waals surface area contributed by atoms with Gasteiger partial charge in [0.15, 0.2) is 12.3 Å². The Bertz CT molecular complexity index is 573. The fourth-order valence-electron chi connectivity index (χ4n) is 1.86. The van der Waals surface area contributed by atoms with Gasteiger partial charge in [-0.25, -0.2) is 4.99 Å². The van der Waals surface area contributed by atoms with Gasteiger partial charge < -0.3 is 0 Å². The van der Waals surface area contributed by atoms with E-state index in [0.29, 0.717) is 0 Å². The summed E-state index contributed by atoms with van der Waals surface area (Å²) < 4.78 is 0. The molecule has 1 N–H and O–H groups in total. The smallest absolute Gasteiger partial charge is 0.209 e. The molecule has 3 nitrogen and oxygen atoms in total. The standard InChI is InChI=1S/C14H11N3/c1-2-6-11(7-3-1)16-17-14-10-15-13-9-5-4-8-12(13)14/h1-10,14H/p+1. The third-order valence-corrected chi connectivity index (χ3v) is 2.73. The van der Waals surface area contributed by atoms with Crippen LogP contribution >= 0.6 is 0 Å². The van der Waals surface area contributed by atoms with Crippen LogP contribution in [0.25, 0.3) is 0 Å². The molecule has 0 aliphatic carbocycles. The van der Waals surface area contributed by atoms with E-state index >= 15 is 0 Å². The Morgan fingerprint density at radius 2 is 1.65 bits per heavy atom. The SMILES string of the molecule is C1=[NH+]c2ccccc2C1N=Nc1ccccc1. The number of benzene rings is 2. The number of nitrogens with one attached hydrogen (secondary N) is 1. The first-order chi connectivity index (χ1) is 8.43. The van der Waals surface area contributed by atoms with E-state index in [0.717, 1.165) is 11.4 Å². The number of para-hydroxylation sites is 1. The zero-order chi connectivity index (χ0) is 11.5. The van der Waals surface area contributed by atoms with Crippen LogP contribution in [0, 0.1) is 0 Å². The molecule has 1 unspecified atom stereocenters. The molecule has 17 heavy (non-hydrogen) atoms. The van der Waals surface area contributed by atoms with Crippen LogP contribution < -0.4 is 4.99 Å². The molecule has 1 aliphatic rings. The van der Waals surface area contributed by atoms with Crippen LogP contribution in [0.3, 0.4) is 0 Å². The van der Waals surface area contributed by atoms with Gasteiger partial charge in [-0.1, -0.05) is 30.3 Å². The average Bonchev–Trinajstić information content (AvgIpc) is 2.81. The first-order valence-corrected chi connectivity index (χ1v) is 5.58. The fraction of sp³-hybridized carbons (Fsp3) is 0.0714. The van der Waals surface area contributed by atoms with Crippen molar-refractivity contribution in [2.75, 3.05) is 0 Å². The second kappa shape index (κ2) is 4.29. The predicted molar refractivity (Wildman–Crippen MR) is 66.8 cm³/mol. The molecule has 82 valence electrons. The minimum Gasteiger partial charge on any atom is -0.213 e. The van der Waals surface area contributed by atoms with Crippen molar-refractivity contribution >= 4 is 17.6 Å². The highest BCUT2D eigenvalue weighted by molar-refractivity contribution is 5.70. The number of nitrogens with zero attached hydrogens (tertiary/aromatic N) is 2. The summed E-state index contributed by atoms with van der Waals surface area (Å²) in [5.74, 6) is 0. The number of hydrogen-bond acceptors (Lipinski definition) is 2. The van der Waals surface area contributed by atoms with Gasteiger partial charge in [-0.3, -0.25) is 0 Å². The molecule has 1 heterocycles. The molecular weight excluding hydrogens is 210 g/mol. The highest BCUT2D eigenvalue weighted by atomic mass is 15.1. The van der Waals surface area contributed by atoms with Gasteiger partial charge in [-0.05, 0) is 18.2 Å². The molecular formula is C14H12N3+. The molecule has 2 aromatic rings. The lowest BCUT2D eigenvalue weighted by Crippen LogP contribution is -2.59. The van der Waals surface area contributed by atoms with Crippen molar-refractivity contribution in [3.63, 3.8) is 0 Å². The molecule has 0 bridgehead atoms. The van der Waals surface area contributed by atoms with E-state index in [1.165, 1.54) is 5.56 Å². The molecule has 0 saturated heterocycles. The Hall–Kier alpha value is -2.29. The predicted octanol–water partition coefficient (Wildman–Crippen LogP) is 2.31. The van der Waals surface area contributed by atoms with Crippen LogP contribution in [-0.4, -0.2) is 6.21 Å². The minimum absolute atomic E-state index is 0.00593. The summed E-state index contributed by atoms with van der Waals surface area (Å²) in [6.07, 6.45) is 1.96. The Kier molecular flexibility index (Phi) is 2.50. The van der Waals surface area contributed by atoms with Gasteiger partial charge in [-0.2, -0.15) is 10.2 Å². The van der Waals surface area contributed by atoms with Crippen molar-refractivity contribution in [1.82, 2.24) is 0 Å². The van der Waals surface area contributed by atoms with Gasteiger partial charge in [0.25, 0.3) is 0 Å². The zero-order valence-corrected chi connectivity index (χ0v) is 9.25. The number of azo groups is 1. The molecule has 3 heteroatoms. The molecule has 0 spiro atoms. The number of fused-ring (bicyclic) bond motifs is 1. The summed E-state index contributed by atoms with van der Waals surface area (Å²) in [7, 11) is 0. The Balaban J connectivity index is 1.85. The van der Waals surface area contributed by atoms with Crippen molar-refractivity contribution in [2.24, 2.45) is 10.2 Å². The van der Waals surface area contributed by atoms with Crippen molar-refractivity contribution in [3.8, 4) is 0 Å². The third-order valence-electron chi connectivity index (χ3n) is 2.73. The molecule has 0 amide bonds. The van der Waals surface area contributed by atoms with E-state index in [1.807, 2.05) is 54.7 Å². The number of hydrogen-bond donors (Lipinski definition) is 1. The Morgan fingerprint density at radius 3 is 2.53 bits per heavy atom. The van der Waals surface area contributed by atoms with E-state index in [2.05, 4.69) is 21.3 Å². The second-order valence-electron chi connectivity index (χ2n) is 3.89. The lowest BCUT2D eigenvalue weighted by atomic mass is 10.1. The van der Waals surface area contributed by atoms with E-state index in [9.17, 15) is 0 Å². The van der Waals surface area contributed by atoms with Crippen molar-refractivity contribution in [2.45, 2.75) is 6.04 Å². The van der Waals surface area contributed by atoms with Gasteiger partial charge in [-0.15, -0.1) is 0 Å². The molecule has 3 rings (SSSR count). The van der Waals surface area contributed by atoms with E-state index in [-0.39, 0.29) is 6.04 Å². The van der Waals surface area contributed by atoms with Crippen LogP contribution in [0.4, 0.5) is 11.4 Å². The van der Waals surface area contributed by atoms with Crippen molar-refractivity contribution in [1.29, 1.82) is 0 Å². The van der Waals surface area contributed by atoms with Gasteiger partial charge in [0, 0.05) is 6.07 Å². The largest absolute Gasteiger partial charge is 0.213 e. The van der Waals surface area contributed by atoms with Gasteiger partial charge in [0.05, 0.1) is 11.3 Å². The monoisotopic (exact) mass is 222 g/mol. The van der Waals surface area contributed by atoms with Crippen molar-refractivity contribution < 1.29 is 4.99 Å². The third kappa shape index (κ3) is 1.99. The highest BCUT2D eigenvalue weighted by Gasteiger charge is 2.23. The van der Waals surface area contributed by atoms with E-state index in [1.54, 1.807) is 0 Å². The first-order valence-electron chi connectivity index (χ1n) is 5.58. The molecule has 0 radical (unpaired) electrons. The van der Waals surface area contributed by atoms with Crippen LogP contribution in [0.1, 0.15) is 11.6 Å². The maximum atomic E-state index is 4.34. The molecule has 0 aromatic heterocycles. The Labute approximate surface area is 99.6 Å². The van der Waals surface area contributed by atoms with Crippen molar-refractivity contribution in [3.05, 3.63) is 60.2 Å². The van der Waals surface area contributed by atoms with Crippen LogP contribution in [-0.2, 0) is 0 Å². The van der Waals surface area contributed by atoms with E-state index in [4.69, 9.17) is 0 Å². The first kappa shape index (κ1) is 9.90. The van der Waals surface area contributed by atoms with Gasteiger partial charge >= 0.3 is 0 Å². The van der Waals surface area contributed by atoms with Crippen LogP contribution in [0.5, 0.6) is 0 Å². The lowest BCUT2D eigenvalue weighted by molar-refractivity contribution is -0.344. The second-order valence-corrected chi connectivity index (χ2v) is 3.89. The van der Waals surface area contributed by atoms with Gasteiger partial charge in [0.2, 0.25) is 5.69 Å². The molecule has 0 saturated carbocycles. The Morgan fingerprint density at radius 1 is 0.882 bits per heavy atom. The normalized spacial score (nSPS) is 17.5. The minimum atomic E-state index is 0.00593. The summed E-state index contributed by atoms with van der Waals surface area (Å²) in [6.45, 7) is 0.